The maximum absolute atomic E-state index is 12.4. The van der Waals surface area contributed by atoms with E-state index in [0.29, 0.717) is 37.6 Å². The molecule has 5 nitrogen and oxygen atoms in total. The molecular formula is C22H26ClN3O2. The standard InChI is InChI=1S/C22H26ClN3O2/c23-19-10-4-5-11-20(19)24-17-22(28)26-15-13-25(14-16-26)21(27)12-6-9-18-7-2-1-3-8-18/h1-5,7-8,10-11,24H,6,9,12-17H2. The number of hydrogen-bond donors (Lipinski definition) is 1. The summed E-state index contributed by atoms with van der Waals surface area (Å²) in [6.45, 7) is 2.56. The second-order valence-corrected chi connectivity index (χ2v) is 7.34. The lowest BCUT2D eigenvalue weighted by Gasteiger charge is -2.35. The van der Waals surface area contributed by atoms with Crippen LogP contribution in [0.15, 0.2) is 54.6 Å². The zero-order valence-electron chi connectivity index (χ0n) is 15.9. The van der Waals surface area contributed by atoms with E-state index in [2.05, 4.69) is 17.4 Å². The predicted octanol–water partition coefficient (Wildman–Crippen LogP) is 3.45. The smallest absolute Gasteiger partial charge is 0.241 e. The van der Waals surface area contributed by atoms with Crippen molar-refractivity contribution in [2.24, 2.45) is 0 Å². The van der Waals surface area contributed by atoms with E-state index in [1.807, 2.05) is 41.3 Å². The Bertz CT molecular complexity index is 789. The van der Waals surface area contributed by atoms with Gasteiger partial charge in [-0.1, -0.05) is 54.1 Å². The van der Waals surface area contributed by atoms with Crippen molar-refractivity contribution in [3.63, 3.8) is 0 Å². The second kappa shape index (κ2) is 10.1. The zero-order chi connectivity index (χ0) is 19.8. The molecule has 0 bridgehead atoms. The molecule has 0 aromatic heterocycles. The Kier molecular flexibility index (Phi) is 7.31. The van der Waals surface area contributed by atoms with Gasteiger partial charge in [0.25, 0.3) is 0 Å². The fourth-order valence-electron chi connectivity index (χ4n) is 3.34. The third-order valence-corrected chi connectivity index (χ3v) is 5.32. The van der Waals surface area contributed by atoms with Crippen LogP contribution >= 0.6 is 11.6 Å². The molecule has 6 heteroatoms. The molecule has 148 valence electrons. The van der Waals surface area contributed by atoms with E-state index in [1.165, 1.54) is 5.56 Å². The number of piperazine rings is 1. The van der Waals surface area contributed by atoms with E-state index in [-0.39, 0.29) is 18.4 Å². The molecule has 1 aliphatic rings. The number of rotatable bonds is 7. The first-order valence-electron chi connectivity index (χ1n) is 9.71. The predicted molar refractivity (Wildman–Crippen MR) is 112 cm³/mol. The molecule has 0 atom stereocenters. The van der Waals surface area contributed by atoms with Crippen LogP contribution in [-0.2, 0) is 16.0 Å². The van der Waals surface area contributed by atoms with Crippen molar-refractivity contribution in [2.75, 3.05) is 38.0 Å². The Hall–Kier alpha value is -2.53. The first kappa shape index (κ1) is 20.2. The van der Waals surface area contributed by atoms with Gasteiger partial charge in [-0.25, -0.2) is 0 Å². The van der Waals surface area contributed by atoms with E-state index in [9.17, 15) is 9.59 Å². The van der Waals surface area contributed by atoms with E-state index < -0.39 is 0 Å². The molecule has 2 aromatic rings. The van der Waals surface area contributed by atoms with Gasteiger partial charge in [0, 0.05) is 32.6 Å². The second-order valence-electron chi connectivity index (χ2n) is 6.93. The monoisotopic (exact) mass is 399 g/mol. The highest BCUT2D eigenvalue weighted by atomic mass is 35.5. The van der Waals surface area contributed by atoms with E-state index >= 15 is 0 Å². The topological polar surface area (TPSA) is 52.7 Å². The minimum absolute atomic E-state index is 0.0242. The zero-order valence-corrected chi connectivity index (χ0v) is 16.7. The van der Waals surface area contributed by atoms with Crippen LogP contribution in [0.25, 0.3) is 0 Å². The molecule has 1 heterocycles. The summed E-state index contributed by atoms with van der Waals surface area (Å²) >= 11 is 6.10. The van der Waals surface area contributed by atoms with Crippen molar-refractivity contribution in [1.82, 2.24) is 9.80 Å². The van der Waals surface area contributed by atoms with Crippen LogP contribution in [0.1, 0.15) is 18.4 Å². The molecule has 0 saturated carbocycles. The Morgan fingerprint density at radius 2 is 1.46 bits per heavy atom. The number of aryl methyl sites for hydroxylation is 1. The molecule has 1 saturated heterocycles. The van der Waals surface area contributed by atoms with Crippen LogP contribution in [0.2, 0.25) is 5.02 Å². The maximum atomic E-state index is 12.4. The molecule has 0 aliphatic carbocycles. The number of carbonyl (C=O) groups is 2. The Balaban J connectivity index is 1.37. The minimum atomic E-state index is 0.0242. The number of nitrogens with zero attached hydrogens (tertiary/aromatic N) is 2. The molecule has 1 aliphatic heterocycles. The summed E-state index contributed by atoms with van der Waals surface area (Å²) in [4.78, 5) is 28.5. The van der Waals surface area contributed by atoms with Crippen molar-refractivity contribution < 1.29 is 9.59 Å². The average molecular weight is 400 g/mol. The Labute approximate surface area is 171 Å². The number of hydrogen-bond acceptors (Lipinski definition) is 3. The number of para-hydroxylation sites is 1. The number of carbonyl (C=O) groups excluding carboxylic acids is 2. The molecule has 1 fully saturated rings. The molecule has 28 heavy (non-hydrogen) atoms. The SMILES string of the molecule is O=C(CCCc1ccccc1)N1CCN(C(=O)CNc2ccccc2Cl)CC1. The van der Waals surface area contributed by atoms with Crippen molar-refractivity contribution in [3.8, 4) is 0 Å². The van der Waals surface area contributed by atoms with Gasteiger partial charge < -0.3 is 15.1 Å². The molecule has 2 amide bonds. The van der Waals surface area contributed by atoms with Gasteiger partial charge in [-0.05, 0) is 30.5 Å². The molecule has 0 radical (unpaired) electrons. The van der Waals surface area contributed by atoms with E-state index in [4.69, 9.17) is 11.6 Å². The van der Waals surface area contributed by atoms with Gasteiger partial charge >= 0.3 is 0 Å². The number of halogens is 1. The third-order valence-electron chi connectivity index (χ3n) is 4.99. The van der Waals surface area contributed by atoms with Crippen LogP contribution in [0.4, 0.5) is 5.69 Å². The quantitative estimate of drug-likeness (QED) is 0.775. The normalized spacial score (nSPS) is 14.0. The summed E-state index contributed by atoms with van der Waals surface area (Å²) in [5, 5.41) is 3.68. The first-order valence-corrected chi connectivity index (χ1v) is 10.1. The van der Waals surface area contributed by atoms with Crippen molar-refractivity contribution in [1.29, 1.82) is 0 Å². The molecule has 3 rings (SSSR count). The lowest BCUT2D eigenvalue weighted by atomic mass is 10.1. The van der Waals surface area contributed by atoms with E-state index in [0.717, 1.165) is 18.5 Å². The summed E-state index contributed by atoms with van der Waals surface area (Å²) in [5.41, 5.74) is 2.02. The van der Waals surface area contributed by atoms with Crippen molar-refractivity contribution in [3.05, 3.63) is 65.2 Å². The summed E-state index contributed by atoms with van der Waals surface area (Å²) in [6, 6.07) is 17.6. The number of anilines is 1. The summed E-state index contributed by atoms with van der Waals surface area (Å²) in [5.74, 6) is 0.202. The van der Waals surface area contributed by atoms with Gasteiger partial charge in [0.2, 0.25) is 11.8 Å². The Morgan fingerprint density at radius 3 is 2.14 bits per heavy atom. The molecular weight excluding hydrogens is 374 g/mol. The van der Waals surface area contributed by atoms with Crippen LogP contribution in [-0.4, -0.2) is 54.3 Å². The van der Waals surface area contributed by atoms with Crippen LogP contribution in [0, 0.1) is 0 Å². The largest absolute Gasteiger partial charge is 0.375 e. The van der Waals surface area contributed by atoms with Gasteiger partial charge in [0.1, 0.15) is 0 Å². The van der Waals surface area contributed by atoms with Crippen LogP contribution in [0.5, 0.6) is 0 Å². The van der Waals surface area contributed by atoms with Crippen molar-refractivity contribution in [2.45, 2.75) is 19.3 Å². The van der Waals surface area contributed by atoms with Crippen LogP contribution in [0.3, 0.4) is 0 Å². The van der Waals surface area contributed by atoms with Gasteiger partial charge in [-0.2, -0.15) is 0 Å². The highest BCUT2D eigenvalue weighted by Crippen LogP contribution is 2.20. The molecule has 0 unspecified atom stereocenters. The molecule has 0 spiro atoms. The first-order chi connectivity index (χ1) is 13.6. The lowest BCUT2D eigenvalue weighted by molar-refractivity contribution is -0.138. The fourth-order valence-corrected chi connectivity index (χ4v) is 3.54. The van der Waals surface area contributed by atoms with Crippen molar-refractivity contribution >= 4 is 29.1 Å². The lowest BCUT2D eigenvalue weighted by Crippen LogP contribution is -2.51. The van der Waals surface area contributed by atoms with Gasteiger partial charge in [0.15, 0.2) is 0 Å². The van der Waals surface area contributed by atoms with Crippen LogP contribution < -0.4 is 5.32 Å². The highest BCUT2D eigenvalue weighted by Gasteiger charge is 2.23. The average Bonchev–Trinajstić information content (AvgIpc) is 2.74. The fraction of sp³-hybridized carbons (Fsp3) is 0.364. The molecule has 1 N–H and O–H groups in total. The van der Waals surface area contributed by atoms with E-state index in [1.54, 1.807) is 11.0 Å². The number of amides is 2. The summed E-state index contributed by atoms with van der Waals surface area (Å²) in [6.07, 6.45) is 2.32. The van der Waals surface area contributed by atoms with Gasteiger partial charge in [0.05, 0.1) is 17.3 Å². The number of benzene rings is 2. The molecule has 2 aromatic carbocycles. The summed E-state index contributed by atoms with van der Waals surface area (Å²) < 4.78 is 0. The highest BCUT2D eigenvalue weighted by molar-refractivity contribution is 6.33. The maximum Gasteiger partial charge on any atom is 0.241 e. The Morgan fingerprint density at radius 1 is 0.857 bits per heavy atom. The number of nitrogens with one attached hydrogen (secondary N) is 1. The summed E-state index contributed by atoms with van der Waals surface area (Å²) in [7, 11) is 0. The third kappa shape index (κ3) is 5.73. The van der Waals surface area contributed by atoms with Gasteiger partial charge in [-0.3, -0.25) is 9.59 Å². The minimum Gasteiger partial charge on any atom is -0.375 e. The van der Waals surface area contributed by atoms with Gasteiger partial charge in [-0.15, -0.1) is 0 Å².